The van der Waals surface area contributed by atoms with E-state index in [0.717, 1.165) is 18.6 Å². The highest BCUT2D eigenvalue weighted by atomic mass is 32.2. The molecule has 7 nitrogen and oxygen atoms in total. The number of hydrogen-bond acceptors (Lipinski definition) is 5. The third-order valence-corrected chi connectivity index (χ3v) is 3.89. The second kappa shape index (κ2) is 7.27. The minimum atomic E-state index is -4.21. The summed E-state index contributed by atoms with van der Waals surface area (Å²) >= 11 is 0. The van der Waals surface area contributed by atoms with Crippen molar-refractivity contribution in [1.29, 1.82) is 0 Å². The SMILES string of the molecule is CCCNc1ccc(S(=O)(=O)NCC(F)F)cc1[N+](=O)[O-]. The van der Waals surface area contributed by atoms with Crippen molar-refractivity contribution in [2.45, 2.75) is 24.7 Å². The summed E-state index contributed by atoms with van der Waals surface area (Å²) in [5.41, 5.74) is -0.252. The molecule has 0 aliphatic carbocycles. The molecule has 0 bridgehead atoms. The fraction of sp³-hybridized carbons (Fsp3) is 0.455. The van der Waals surface area contributed by atoms with Crippen LogP contribution in [-0.4, -0.2) is 32.9 Å². The molecule has 10 heteroatoms. The van der Waals surface area contributed by atoms with Gasteiger partial charge in [0.1, 0.15) is 5.69 Å². The van der Waals surface area contributed by atoms with Crippen molar-refractivity contribution in [3.8, 4) is 0 Å². The molecule has 21 heavy (non-hydrogen) atoms. The van der Waals surface area contributed by atoms with Gasteiger partial charge in [0.15, 0.2) is 0 Å². The molecule has 0 aliphatic heterocycles. The quantitative estimate of drug-likeness (QED) is 0.562. The molecular weight excluding hydrogens is 308 g/mol. The molecule has 0 aliphatic rings. The number of nitrogens with one attached hydrogen (secondary N) is 2. The van der Waals surface area contributed by atoms with Gasteiger partial charge < -0.3 is 5.32 Å². The van der Waals surface area contributed by atoms with Crippen LogP contribution in [0.5, 0.6) is 0 Å². The van der Waals surface area contributed by atoms with Crippen LogP contribution in [0.3, 0.4) is 0 Å². The van der Waals surface area contributed by atoms with Gasteiger partial charge in [0.25, 0.3) is 12.1 Å². The molecule has 0 radical (unpaired) electrons. The van der Waals surface area contributed by atoms with Crippen LogP contribution in [0.15, 0.2) is 23.1 Å². The Labute approximate surface area is 120 Å². The van der Waals surface area contributed by atoms with E-state index in [4.69, 9.17) is 0 Å². The van der Waals surface area contributed by atoms with Crippen LogP contribution in [-0.2, 0) is 10.0 Å². The van der Waals surface area contributed by atoms with E-state index in [9.17, 15) is 27.3 Å². The Balaban J connectivity index is 3.10. The molecular formula is C11H15F2N3O4S. The molecule has 118 valence electrons. The average Bonchev–Trinajstić information content (AvgIpc) is 2.42. The fourth-order valence-electron chi connectivity index (χ4n) is 1.49. The van der Waals surface area contributed by atoms with E-state index in [-0.39, 0.29) is 5.69 Å². The molecule has 0 saturated heterocycles. The fourth-order valence-corrected chi connectivity index (χ4v) is 2.52. The maximum absolute atomic E-state index is 12.0. The Hall–Kier alpha value is -1.81. The lowest BCUT2D eigenvalue weighted by Gasteiger charge is -2.09. The lowest BCUT2D eigenvalue weighted by Crippen LogP contribution is -2.28. The highest BCUT2D eigenvalue weighted by Gasteiger charge is 2.22. The minimum absolute atomic E-state index is 0.176. The van der Waals surface area contributed by atoms with Gasteiger partial charge in [-0.1, -0.05) is 6.92 Å². The van der Waals surface area contributed by atoms with Crippen LogP contribution in [0.2, 0.25) is 0 Å². The maximum Gasteiger partial charge on any atom is 0.293 e. The number of nitro benzene ring substituents is 1. The average molecular weight is 323 g/mol. The number of rotatable bonds is 8. The van der Waals surface area contributed by atoms with Crippen LogP contribution in [0.25, 0.3) is 0 Å². The van der Waals surface area contributed by atoms with E-state index in [0.29, 0.717) is 6.54 Å². The van der Waals surface area contributed by atoms with Gasteiger partial charge in [-0.2, -0.15) is 0 Å². The van der Waals surface area contributed by atoms with Crippen LogP contribution in [0.4, 0.5) is 20.2 Å². The number of anilines is 1. The van der Waals surface area contributed by atoms with Crippen molar-refractivity contribution in [2.75, 3.05) is 18.4 Å². The summed E-state index contributed by atoms with van der Waals surface area (Å²) in [6.07, 6.45) is -2.12. The molecule has 1 aromatic rings. The third kappa shape index (κ3) is 4.90. The highest BCUT2D eigenvalue weighted by Crippen LogP contribution is 2.27. The van der Waals surface area contributed by atoms with Gasteiger partial charge >= 0.3 is 0 Å². The molecule has 0 spiro atoms. The number of hydrogen-bond donors (Lipinski definition) is 2. The summed E-state index contributed by atoms with van der Waals surface area (Å²) in [4.78, 5) is 9.80. The number of sulfonamides is 1. The van der Waals surface area contributed by atoms with E-state index in [2.05, 4.69) is 5.32 Å². The molecule has 0 aromatic heterocycles. The van der Waals surface area contributed by atoms with Crippen LogP contribution >= 0.6 is 0 Å². The molecule has 0 saturated carbocycles. The maximum atomic E-state index is 12.0. The van der Waals surface area contributed by atoms with Crippen molar-refractivity contribution in [3.05, 3.63) is 28.3 Å². The highest BCUT2D eigenvalue weighted by molar-refractivity contribution is 7.89. The molecule has 1 rings (SSSR count). The molecule has 0 fully saturated rings. The van der Waals surface area contributed by atoms with Crippen molar-refractivity contribution < 1.29 is 22.1 Å². The normalized spacial score (nSPS) is 11.6. The molecule has 0 amide bonds. The minimum Gasteiger partial charge on any atom is -0.380 e. The zero-order valence-corrected chi connectivity index (χ0v) is 12.0. The van der Waals surface area contributed by atoms with Gasteiger partial charge in [-0.05, 0) is 18.6 Å². The summed E-state index contributed by atoms with van der Waals surface area (Å²) < 4.78 is 49.3. The van der Waals surface area contributed by atoms with Crippen LogP contribution in [0, 0.1) is 10.1 Å². The zero-order chi connectivity index (χ0) is 16.0. The Morgan fingerprint density at radius 2 is 2.05 bits per heavy atom. The Bertz CT molecular complexity index is 607. The molecule has 0 atom stereocenters. The number of benzene rings is 1. The van der Waals surface area contributed by atoms with Crippen molar-refractivity contribution in [3.63, 3.8) is 0 Å². The van der Waals surface area contributed by atoms with Crippen molar-refractivity contribution >= 4 is 21.4 Å². The van der Waals surface area contributed by atoms with Gasteiger partial charge in [0.05, 0.1) is 16.4 Å². The van der Waals surface area contributed by atoms with E-state index in [1.807, 2.05) is 6.92 Å². The lowest BCUT2D eigenvalue weighted by molar-refractivity contribution is -0.384. The smallest absolute Gasteiger partial charge is 0.293 e. The summed E-state index contributed by atoms with van der Waals surface area (Å²) in [6, 6.07) is 3.20. The largest absolute Gasteiger partial charge is 0.380 e. The predicted octanol–water partition coefficient (Wildman–Crippen LogP) is 1.96. The first-order chi connectivity index (χ1) is 9.77. The predicted molar refractivity (Wildman–Crippen MR) is 73.1 cm³/mol. The van der Waals surface area contributed by atoms with Crippen molar-refractivity contribution in [2.24, 2.45) is 0 Å². The summed E-state index contributed by atoms with van der Waals surface area (Å²) in [5, 5.41) is 13.8. The van der Waals surface area contributed by atoms with Crippen molar-refractivity contribution in [1.82, 2.24) is 4.72 Å². The summed E-state index contributed by atoms with van der Waals surface area (Å²) in [7, 11) is -4.21. The molecule has 2 N–H and O–H groups in total. The van der Waals surface area contributed by atoms with E-state index < -0.39 is 38.5 Å². The standard InChI is InChI=1S/C11H15F2N3O4S/c1-2-5-14-9-4-3-8(6-10(9)16(17)18)21(19,20)15-7-11(12)13/h3-4,6,11,14-15H,2,5,7H2,1H3. The topological polar surface area (TPSA) is 101 Å². The summed E-state index contributed by atoms with van der Waals surface area (Å²) in [6.45, 7) is 1.30. The second-order valence-corrected chi connectivity index (χ2v) is 5.87. The van der Waals surface area contributed by atoms with Crippen LogP contribution < -0.4 is 10.0 Å². The Morgan fingerprint density at radius 3 is 2.57 bits per heavy atom. The molecule has 0 heterocycles. The van der Waals surface area contributed by atoms with E-state index in [1.54, 1.807) is 4.72 Å². The van der Waals surface area contributed by atoms with Gasteiger partial charge in [-0.3, -0.25) is 10.1 Å². The molecule has 1 aromatic carbocycles. The summed E-state index contributed by atoms with van der Waals surface area (Å²) in [5.74, 6) is 0. The first-order valence-corrected chi connectivity index (χ1v) is 7.56. The van der Waals surface area contributed by atoms with Gasteiger partial charge in [-0.25, -0.2) is 21.9 Å². The van der Waals surface area contributed by atoms with Gasteiger partial charge in [0, 0.05) is 12.6 Å². The Morgan fingerprint density at radius 1 is 1.38 bits per heavy atom. The van der Waals surface area contributed by atoms with Gasteiger partial charge in [-0.15, -0.1) is 0 Å². The lowest BCUT2D eigenvalue weighted by atomic mass is 10.2. The van der Waals surface area contributed by atoms with E-state index >= 15 is 0 Å². The van der Waals surface area contributed by atoms with E-state index in [1.165, 1.54) is 6.07 Å². The first kappa shape index (κ1) is 17.2. The van der Waals surface area contributed by atoms with Crippen LogP contribution in [0.1, 0.15) is 13.3 Å². The Kier molecular flexibility index (Phi) is 5.97. The molecule has 0 unspecified atom stereocenters. The monoisotopic (exact) mass is 323 g/mol. The number of nitro groups is 1. The first-order valence-electron chi connectivity index (χ1n) is 6.08. The van der Waals surface area contributed by atoms with Gasteiger partial charge in [0.2, 0.25) is 10.0 Å². The number of alkyl halides is 2. The third-order valence-electron chi connectivity index (χ3n) is 2.47. The zero-order valence-electron chi connectivity index (χ0n) is 11.2. The number of nitrogens with zero attached hydrogens (tertiary/aromatic N) is 1. The second-order valence-electron chi connectivity index (χ2n) is 4.11. The number of halogens is 2.